The van der Waals surface area contributed by atoms with Crippen LogP contribution in [0.1, 0.15) is 104 Å². The molecule has 0 aliphatic heterocycles. The van der Waals surface area contributed by atoms with Crippen molar-refractivity contribution in [3.8, 4) is 0 Å². The summed E-state index contributed by atoms with van der Waals surface area (Å²) in [5.41, 5.74) is 20.8. The summed E-state index contributed by atoms with van der Waals surface area (Å²) in [6, 6.07) is -1.90. The van der Waals surface area contributed by atoms with Gasteiger partial charge in [-0.05, 0) is 56.9 Å². The van der Waals surface area contributed by atoms with Gasteiger partial charge in [0.25, 0.3) is 0 Å². The van der Waals surface area contributed by atoms with Crippen LogP contribution in [0.3, 0.4) is 0 Å². The minimum Gasteiger partial charge on any atom is -0.480 e. The van der Waals surface area contributed by atoms with Crippen molar-refractivity contribution < 1.29 is 29.4 Å². The summed E-state index contributed by atoms with van der Waals surface area (Å²) in [6.45, 7) is 6.47. The lowest BCUT2D eigenvalue weighted by atomic mass is 9.86. The predicted octanol–water partition coefficient (Wildman–Crippen LogP) is 2.09. The average molecular weight is 532 g/mol. The second-order valence-electron chi connectivity index (χ2n) is 10.2. The van der Waals surface area contributed by atoms with Gasteiger partial charge in [0.1, 0.15) is 12.1 Å². The van der Waals surface area contributed by atoms with Crippen molar-refractivity contribution >= 4 is 23.8 Å². The van der Waals surface area contributed by atoms with Gasteiger partial charge in [-0.3, -0.25) is 14.4 Å². The number of rotatable bonds is 15. The molecular weight excluding hydrogens is 478 g/mol. The van der Waals surface area contributed by atoms with Crippen molar-refractivity contribution in [2.24, 2.45) is 34.8 Å². The quantitative estimate of drug-likeness (QED) is 0.153. The third-order valence-corrected chi connectivity index (χ3v) is 6.09. The molecule has 37 heavy (non-hydrogen) atoms. The van der Waals surface area contributed by atoms with Crippen LogP contribution < -0.4 is 28.3 Å². The standard InChI is InChI=1S/C15H28N2O3.C6H14N2O.C5H11NO2/c16-11-5-4-8-13(15(19)20)17-14(18)10-9-12-6-2-1-3-7-12;1-4(2)3-5(7)6(8)9;1-2-3-4(6)5(7)8/h12-13H,1-11,16H2,(H,17,18)(H,19,20);4-5H,3,7H2,1-2H3,(H2,8,9);4H,2-3,6H2,1H3,(H,7,8)/t13-;5-;4-/m000/s1. The van der Waals surface area contributed by atoms with Gasteiger partial charge < -0.3 is 38.5 Å². The van der Waals surface area contributed by atoms with Crippen LogP contribution in [-0.4, -0.2) is 58.6 Å². The molecule has 1 aliphatic carbocycles. The van der Waals surface area contributed by atoms with Gasteiger partial charge in [0.15, 0.2) is 0 Å². The summed E-state index contributed by atoms with van der Waals surface area (Å²) < 4.78 is 0. The van der Waals surface area contributed by atoms with Crippen LogP contribution in [0.15, 0.2) is 0 Å². The molecule has 218 valence electrons. The number of nitrogens with two attached hydrogens (primary N) is 4. The summed E-state index contributed by atoms with van der Waals surface area (Å²) >= 11 is 0. The average Bonchev–Trinajstić information content (AvgIpc) is 2.83. The molecule has 0 aromatic heterocycles. The third-order valence-electron chi connectivity index (χ3n) is 6.09. The van der Waals surface area contributed by atoms with Crippen LogP contribution in [0.5, 0.6) is 0 Å². The highest BCUT2D eigenvalue weighted by Gasteiger charge is 2.20. The predicted molar refractivity (Wildman–Crippen MR) is 145 cm³/mol. The molecule has 11 nitrogen and oxygen atoms in total. The van der Waals surface area contributed by atoms with Crippen molar-refractivity contribution in [3.63, 3.8) is 0 Å². The molecule has 0 bridgehead atoms. The molecule has 11 heteroatoms. The van der Waals surface area contributed by atoms with Gasteiger partial charge in [0.2, 0.25) is 11.8 Å². The minimum absolute atomic E-state index is 0.129. The zero-order valence-electron chi connectivity index (χ0n) is 23.1. The van der Waals surface area contributed by atoms with Crippen molar-refractivity contribution in [3.05, 3.63) is 0 Å². The van der Waals surface area contributed by atoms with Gasteiger partial charge in [-0.2, -0.15) is 0 Å². The Morgan fingerprint density at radius 3 is 1.89 bits per heavy atom. The molecule has 0 saturated heterocycles. The number of aliphatic carboxylic acids is 2. The first-order chi connectivity index (χ1) is 17.3. The van der Waals surface area contributed by atoms with Crippen LogP contribution in [-0.2, 0) is 19.2 Å². The summed E-state index contributed by atoms with van der Waals surface area (Å²) in [5.74, 6) is -1.32. The van der Waals surface area contributed by atoms with Crippen molar-refractivity contribution in [1.29, 1.82) is 0 Å². The molecule has 0 aromatic carbocycles. The first kappa shape index (κ1) is 36.9. The van der Waals surface area contributed by atoms with Crippen molar-refractivity contribution in [2.75, 3.05) is 6.54 Å². The monoisotopic (exact) mass is 531 g/mol. The third kappa shape index (κ3) is 22.7. The first-order valence-corrected chi connectivity index (χ1v) is 13.6. The fourth-order valence-electron chi connectivity index (χ4n) is 3.89. The molecule has 3 atom stereocenters. The number of hydrogen-bond acceptors (Lipinski definition) is 7. The van der Waals surface area contributed by atoms with Crippen LogP contribution in [0.25, 0.3) is 0 Å². The number of carbonyl (C=O) groups excluding carboxylic acids is 2. The van der Waals surface area contributed by atoms with E-state index < -0.39 is 36.0 Å². The summed E-state index contributed by atoms with van der Waals surface area (Å²) in [6.07, 6.45) is 11.7. The van der Waals surface area contributed by atoms with E-state index in [2.05, 4.69) is 5.32 Å². The zero-order valence-corrected chi connectivity index (χ0v) is 23.1. The van der Waals surface area contributed by atoms with E-state index in [1.807, 2.05) is 20.8 Å². The summed E-state index contributed by atoms with van der Waals surface area (Å²) in [5, 5.41) is 19.9. The van der Waals surface area contributed by atoms with E-state index in [4.69, 9.17) is 33.1 Å². The lowest BCUT2D eigenvalue weighted by Gasteiger charge is -2.21. The van der Waals surface area contributed by atoms with Gasteiger partial charge >= 0.3 is 11.9 Å². The number of hydrogen-bond donors (Lipinski definition) is 7. The second kappa shape index (κ2) is 22.9. The van der Waals surface area contributed by atoms with Gasteiger partial charge in [-0.1, -0.05) is 59.3 Å². The number of carboxylic acid groups (broad SMARTS) is 2. The number of carboxylic acids is 2. The molecule has 1 rings (SSSR count). The van der Waals surface area contributed by atoms with Crippen LogP contribution in [0.2, 0.25) is 0 Å². The topological polar surface area (TPSA) is 225 Å². The summed E-state index contributed by atoms with van der Waals surface area (Å²) in [4.78, 5) is 43.2. The number of unbranched alkanes of at least 4 members (excludes halogenated alkanes) is 1. The van der Waals surface area contributed by atoms with E-state index in [1.165, 1.54) is 32.1 Å². The Balaban J connectivity index is 0. The maximum atomic E-state index is 11.8. The van der Waals surface area contributed by atoms with Crippen molar-refractivity contribution in [1.82, 2.24) is 5.32 Å². The van der Waals surface area contributed by atoms with Gasteiger partial charge in [0.05, 0.1) is 6.04 Å². The highest BCUT2D eigenvalue weighted by atomic mass is 16.4. The Hall–Kier alpha value is -2.24. The lowest BCUT2D eigenvalue weighted by Crippen LogP contribution is -2.40. The molecule has 0 unspecified atom stereocenters. The van der Waals surface area contributed by atoms with E-state index in [0.29, 0.717) is 44.1 Å². The number of nitrogens with one attached hydrogen (secondary N) is 1. The van der Waals surface area contributed by atoms with E-state index in [0.717, 1.165) is 25.7 Å². The molecule has 0 aromatic rings. The fourth-order valence-corrected chi connectivity index (χ4v) is 3.89. The minimum atomic E-state index is -0.951. The molecule has 0 heterocycles. The highest BCUT2D eigenvalue weighted by molar-refractivity contribution is 5.83. The number of carbonyl (C=O) groups is 4. The molecular formula is C26H53N5O6. The summed E-state index contributed by atoms with van der Waals surface area (Å²) in [7, 11) is 0. The first-order valence-electron chi connectivity index (χ1n) is 13.6. The van der Waals surface area contributed by atoms with E-state index in [1.54, 1.807) is 0 Å². The molecule has 0 radical (unpaired) electrons. The van der Waals surface area contributed by atoms with E-state index >= 15 is 0 Å². The van der Waals surface area contributed by atoms with Crippen LogP contribution in [0, 0.1) is 11.8 Å². The SMILES string of the molecule is CC(C)C[C@H](N)C(N)=O.CCC[C@H](N)C(=O)O.NCCCC[C@H](NC(=O)CCC1CCCCC1)C(=O)O. The fraction of sp³-hybridized carbons (Fsp3) is 0.846. The molecule has 1 fully saturated rings. The molecule has 11 N–H and O–H groups in total. The zero-order chi connectivity index (χ0) is 28.8. The smallest absolute Gasteiger partial charge is 0.326 e. The molecule has 1 aliphatic rings. The Morgan fingerprint density at radius 1 is 0.919 bits per heavy atom. The van der Waals surface area contributed by atoms with Crippen LogP contribution >= 0.6 is 0 Å². The van der Waals surface area contributed by atoms with Gasteiger partial charge in [-0.15, -0.1) is 0 Å². The second-order valence-corrected chi connectivity index (χ2v) is 10.2. The number of primary amides is 1. The Morgan fingerprint density at radius 2 is 1.51 bits per heavy atom. The maximum absolute atomic E-state index is 11.8. The normalized spacial score (nSPS) is 15.8. The Kier molecular flexibility index (Phi) is 22.9. The largest absolute Gasteiger partial charge is 0.480 e. The van der Waals surface area contributed by atoms with E-state index in [-0.39, 0.29) is 5.91 Å². The Labute approximate surface area is 222 Å². The molecule has 1 saturated carbocycles. The van der Waals surface area contributed by atoms with Crippen LogP contribution in [0.4, 0.5) is 0 Å². The van der Waals surface area contributed by atoms with Crippen molar-refractivity contribution in [2.45, 2.75) is 122 Å². The molecule has 2 amide bonds. The highest BCUT2D eigenvalue weighted by Crippen LogP contribution is 2.27. The van der Waals surface area contributed by atoms with Gasteiger partial charge in [0, 0.05) is 6.42 Å². The lowest BCUT2D eigenvalue weighted by molar-refractivity contribution is -0.142. The maximum Gasteiger partial charge on any atom is 0.326 e. The van der Waals surface area contributed by atoms with E-state index in [9.17, 15) is 19.2 Å². The number of amides is 2. The molecule has 0 spiro atoms. The Bertz CT molecular complexity index is 641. The van der Waals surface area contributed by atoms with Gasteiger partial charge in [-0.25, -0.2) is 4.79 Å².